The number of rotatable bonds is 0. The molecule has 4 heteroatoms. The van der Waals surface area contributed by atoms with E-state index in [1.807, 2.05) is 0 Å². The summed E-state index contributed by atoms with van der Waals surface area (Å²) >= 11 is 0. The van der Waals surface area contributed by atoms with E-state index in [-0.39, 0.29) is 5.91 Å². The number of carbonyl (C=O) groups is 1. The molecule has 0 aromatic rings. The Morgan fingerprint density at radius 1 is 1.80 bits per heavy atom. The van der Waals surface area contributed by atoms with Gasteiger partial charge in [0, 0.05) is 0 Å². The molecule has 0 fully saturated rings. The summed E-state index contributed by atoms with van der Waals surface area (Å²) < 4.78 is 12.4. The lowest BCUT2D eigenvalue weighted by atomic mass is 10.1. The van der Waals surface area contributed by atoms with Gasteiger partial charge in [-0.1, -0.05) is 0 Å². The Hall–Kier alpha value is -1.19. The molecule has 2 N–H and O–H groups in total. The Labute approximate surface area is 57.4 Å². The van der Waals surface area contributed by atoms with Gasteiger partial charge in [0.1, 0.15) is 0 Å². The molecule has 0 aromatic carbocycles. The molecule has 0 bridgehead atoms. The van der Waals surface area contributed by atoms with Crippen molar-refractivity contribution in [1.29, 1.82) is 5.41 Å². The predicted molar refractivity (Wildman–Crippen MR) is 34.2 cm³/mol. The van der Waals surface area contributed by atoms with E-state index in [0.717, 1.165) is 6.08 Å². The van der Waals surface area contributed by atoms with Crippen molar-refractivity contribution in [3.8, 4) is 0 Å². The number of hydrogen-bond acceptors (Lipinski definition) is 2. The molecule has 0 radical (unpaired) electrons. The highest BCUT2D eigenvalue weighted by Crippen LogP contribution is 2.10. The van der Waals surface area contributed by atoms with E-state index in [0.29, 0.717) is 0 Å². The molecule has 54 valence electrons. The van der Waals surface area contributed by atoms with Gasteiger partial charge in [0.2, 0.25) is 5.91 Å². The molecule has 0 saturated heterocycles. The van der Waals surface area contributed by atoms with Gasteiger partial charge in [-0.2, -0.15) is 0 Å². The first-order valence-corrected chi connectivity index (χ1v) is 2.88. The van der Waals surface area contributed by atoms with Crippen LogP contribution in [0.5, 0.6) is 0 Å². The van der Waals surface area contributed by atoms with Crippen LogP contribution >= 0.6 is 0 Å². The average Bonchev–Trinajstić information content (AvgIpc) is 1.84. The van der Waals surface area contributed by atoms with Gasteiger partial charge < -0.3 is 5.32 Å². The third-order valence-electron chi connectivity index (χ3n) is 1.30. The number of hydrogen-bond donors (Lipinski definition) is 2. The molecule has 1 aliphatic heterocycles. The standard InChI is InChI=1S/C6H7FN2O/c1-3-2-4(7)5(8)9-6(3)10/h2-3H,1H3,(H2,8,9,10). The Bertz CT molecular complexity index is 222. The molecule has 3 nitrogen and oxygen atoms in total. The zero-order chi connectivity index (χ0) is 7.72. The van der Waals surface area contributed by atoms with Crippen molar-refractivity contribution in [1.82, 2.24) is 5.32 Å². The fourth-order valence-electron chi connectivity index (χ4n) is 0.675. The van der Waals surface area contributed by atoms with E-state index in [9.17, 15) is 9.18 Å². The summed E-state index contributed by atoms with van der Waals surface area (Å²) in [7, 11) is 0. The summed E-state index contributed by atoms with van der Waals surface area (Å²) in [6, 6.07) is 0. The van der Waals surface area contributed by atoms with Crippen molar-refractivity contribution in [3.63, 3.8) is 0 Å². The molecule has 1 heterocycles. The smallest absolute Gasteiger partial charge is 0.232 e. The van der Waals surface area contributed by atoms with E-state index in [1.54, 1.807) is 6.92 Å². The second-order valence-electron chi connectivity index (χ2n) is 2.17. The number of amides is 1. The second kappa shape index (κ2) is 2.21. The second-order valence-corrected chi connectivity index (χ2v) is 2.17. The van der Waals surface area contributed by atoms with E-state index >= 15 is 0 Å². The lowest BCUT2D eigenvalue weighted by molar-refractivity contribution is -0.122. The van der Waals surface area contributed by atoms with Crippen LogP contribution in [0.25, 0.3) is 0 Å². The molecular weight excluding hydrogens is 135 g/mol. The Kier molecular flexibility index (Phi) is 1.53. The monoisotopic (exact) mass is 142 g/mol. The Balaban J connectivity index is 2.89. The van der Waals surface area contributed by atoms with Crippen LogP contribution in [0.3, 0.4) is 0 Å². The molecule has 1 amide bonds. The number of amidine groups is 1. The van der Waals surface area contributed by atoms with Gasteiger partial charge in [0.05, 0.1) is 5.92 Å². The van der Waals surface area contributed by atoms with E-state index in [4.69, 9.17) is 5.41 Å². The van der Waals surface area contributed by atoms with Gasteiger partial charge >= 0.3 is 0 Å². The summed E-state index contributed by atoms with van der Waals surface area (Å²) in [5.41, 5.74) is 0. The fourth-order valence-corrected chi connectivity index (χ4v) is 0.675. The summed E-state index contributed by atoms with van der Waals surface area (Å²) in [6.07, 6.45) is 1.13. The summed E-state index contributed by atoms with van der Waals surface area (Å²) in [5.74, 6) is -1.89. The first-order chi connectivity index (χ1) is 4.61. The van der Waals surface area contributed by atoms with Gasteiger partial charge in [0.25, 0.3) is 0 Å². The minimum atomic E-state index is -0.660. The largest absolute Gasteiger partial charge is 0.308 e. The minimum absolute atomic E-state index is 0.327. The number of nitrogens with one attached hydrogen (secondary N) is 2. The third-order valence-corrected chi connectivity index (χ3v) is 1.30. The molecule has 1 rings (SSSR count). The van der Waals surface area contributed by atoms with Gasteiger partial charge in [0.15, 0.2) is 11.7 Å². The van der Waals surface area contributed by atoms with E-state index in [2.05, 4.69) is 5.32 Å². The van der Waals surface area contributed by atoms with Gasteiger partial charge in [-0.05, 0) is 13.0 Å². The van der Waals surface area contributed by atoms with Crippen LogP contribution in [-0.2, 0) is 4.79 Å². The van der Waals surface area contributed by atoms with Crippen molar-refractivity contribution in [2.45, 2.75) is 6.92 Å². The SMILES string of the molecule is CC1C=C(F)C(=N)NC1=O. The third kappa shape index (κ3) is 1.05. The van der Waals surface area contributed by atoms with Crippen LogP contribution in [0.15, 0.2) is 11.9 Å². The Morgan fingerprint density at radius 2 is 2.40 bits per heavy atom. The molecule has 1 aliphatic rings. The maximum atomic E-state index is 12.4. The summed E-state index contributed by atoms with van der Waals surface area (Å²) in [5, 5.41) is 8.92. The first kappa shape index (κ1) is 6.92. The fraction of sp³-hybridized carbons (Fsp3) is 0.333. The zero-order valence-electron chi connectivity index (χ0n) is 5.44. The minimum Gasteiger partial charge on any atom is -0.308 e. The van der Waals surface area contributed by atoms with Gasteiger partial charge in [-0.15, -0.1) is 0 Å². The van der Waals surface area contributed by atoms with Crippen molar-refractivity contribution in [2.75, 3.05) is 0 Å². The topological polar surface area (TPSA) is 53.0 Å². The highest BCUT2D eigenvalue weighted by atomic mass is 19.1. The molecule has 1 unspecified atom stereocenters. The highest BCUT2D eigenvalue weighted by molar-refractivity contribution is 6.08. The highest BCUT2D eigenvalue weighted by Gasteiger charge is 2.20. The number of halogens is 1. The Morgan fingerprint density at radius 3 is 2.90 bits per heavy atom. The van der Waals surface area contributed by atoms with Gasteiger partial charge in [-0.25, -0.2) is 4.39 Å². The van der Waals surface area contributed by atoms with Crippen molar-refractivity contribution < 1.29 is 9.18 Å². The lowest BCUT2D eigenvalue weighted by Crippen LogP contribution is -2.37. The quantitative estimate of drug-likeness (QED) is 0.510. The van der Waals surface area contributed by atoms with Crippen LogP contribution in [0.2, 0.25) is 0 Å². The normalized spacial score (nSPS) is 25.8. The number of carbonyl (C=O) groups excluding carboxylic acids is 1. The summed E-state index contributed by atoms with van der Waals surface area (Å²) in [6.45, 7) is 1.57. The van der Waals surface area contributed by atoms with Crippen LogP contribution < -0.4 is 5.32 Å². The molecular formula is C6H7FN2O. The average molecular weight is 142 g/mol. The molecule has 0 aromatic heterocycles. The molecule has 10 heavy (non-hydrogen) atoms. The van der Waals surface area contributed by atoms with Crippen molar-refractivity contribution in [3.05, 3.63) is 11.9 Å². The van der Waals surface area contributed by atoms with Crippen LogP contribution in [-0.4, -0.2) is 11.7 Å². The first-order valence-electron chi connectivity index (χ1n) is 2.88. The molecule has 1 atom stereocenters. The maximum absolute atomic E-state index is 12.4. The lowest BCUT2D eigenvalue weighted by Gasteiger charge is -2.13. The van der Waals surface area contributed by atoms with E-state index in [1.165, 1.54) is 0 Å². The maximum Gasteiger partial charge on any atom is 0.232 e. The van der Waals surface area contributed by atoms with E-state index < -0.39 is 17.6 Å². The zero-order valence-corrected chi connectivity index (χ0v) is 5.44. The van der Waals surface area contributed by atoms with Crippen LogP contribution in [0.4, 0.5) is 4.39 Å². The summed E-state index contributed by atoms with van der Waals surface area (Å²) in [4.78, 5) is 10.7. The van der Waals surface area contributed by atoms with Gasteiger partial charge in [-0.3, -0.25) is 10.2 Å². The van der Waals surface area contributed by atoms with Crippen molar-refractivity contribution in [2.24, 2.45) is 5.92 Å². The molecule has 0 spiro atoms. The predicted octanol–water partition coefficient (Wildman–Crippen LogP) is 0.583. The molecule has 0 aliphatic carbocycles. The van der Waals surface area contributed by atoms with Crippen molar-refractivity contribution >= 4 is 11.7 Å². The van der Waals surface area contributed by atoms with Crippen LogP contribution in [0.1, 0.15) is 6.92 Å². The van der Waals surface area contributed by atoms with Crippen LogP contribution in [0, 0.1) is 11.3 Å². The molecule has 0 saturated carbocycles.